The lowest BCUT2D eigenvalue weighted by Crippen LogP contribution is -2.28. The molecule has 1 heterocycles. The van der Waals surface area contributed by atoms with Crippen molar-refractivity contribution >= 4 is 39.0 Å². The first kappa shape index (κ1) is 40.3. The van der Waals surface area contributed by atoms with Crippen LogP contribution >= 0.6 is 0 Å². The summed E-state index contributed by atoms with van der Waals surface area (Å²) in [5.41, 5.74) is 21.3. The van der Waals surface area contributed by atoms with Crippen molar-refractivity contribution in [3.05, 3.63) is 295 Å². The monoisotopic (exact) mass is 879 g/mol. The number of fused-ring (bicyclic) bond motifs is 6. The van der Waals surface area contributed by atoms with E-state index in [2.05, 4.69) is 278 Å². The number of hydrogen-bond donors (Lipinski definition) is 0. The molecule has 0 bridgehead atoms. The van der Waals surface area contributed by atoms with Crippen LogP contribution in [0.3, 0.4) is 0 Å². The smallest absolute Gasteiger partial charge is 0.143 e. The number of rotatable bonds is 9. The van der Waals surface area contributed by atoms with Crippen LogP contribution in [-0.4, -0.2) is 0 Å². The van der Waals surface area contributed by atoms with E-state index in [0.29, 0.717) is 0 Å². The van der Waals surface area contributed by atoms with E-state index < -0.39 is 5.41 Å². The van der Waals surface area contributed by atoms with Crippen LogP contribution in [0.25, 0.3) is 77.6 Å². The molecule has 1 aliphatic rings. The second-order valence-electron chi connectivity index (χ2n) is 18.0. The van der Waals surface area contributed by atoms with Crippen molar-refractivity contribution in [1.29, 1.82) is 0 Å². The summed E-state index contributed by atoms with van der Waals surface area (Å²) in [7, 11) is 0. The molecule has 0 amide bonds. The molecule has 2 heteroatoms. The summed E-state index contributed by atoms with van der Waals surface area (Å²) in [5.74, 6) is 0. The lowest BCUT2D eigenvalue weighted by Gasteiger charge is -2.34. The lowest BCUT2D eigenvalue weighted by molar-refractivity contribution is 0.670. The first-order chi connectivity index (χ1) is 34.2. The minimum absolute atomic E-state index is 0.495. The van der Waals surface area contributed by atoms with Gasteiger partial charge in [-0.1, -0.05) is 212 Å². The molecule has 69 heavy (non-hydrogen) atoms. The van der Waals surface area contributed by atoms with Crippen LogP contribution in [0.2, 0.25) is 0 Å². The number of anilines is 3. The molecule has 11 aromatic carbocycles. The molecular weight excluding hydrogens is 835 g/mol. The van der Waals surface area contributed by atoms with Crippen molar-refractivity contribution in [3.8, 4) is 55.6 Å². The normalized spacial score (nSPS) is 12.5. The van der Waals surface area contributed by atoms with Gasteiger partial charge in [-0.2, -0.15) is 0 Å². The van der Waals surface area contributed by atoms with E-state index in [1.807, 2.05) is 0 Å². The summed E-state index contributed by atoms with van der Waals surface area (Å²) in [6.07, 6.45) is 0. The van der Waals surface area contributed by atoms with Gasteiger partial charge < -0.3 is 9.32 Å². The zero-order valence-electron chi connectivity index (χ0n) is 37.8. The first-order valence-electron chi connectivity index (χ1n) is 23.7. The van der Waals surface area contributed by atoms with Gasteiger partial charge in [-0.05, 0) is 133 Å². The Hall–Kier alpha value is -8.98. The Morgan fingerprint density at radius 1 is 0.275 bits per heavy atom. The standard InChI is InChI=1S/C67H45NO/c1-5-17-46(18-6-1)48-29-36-55(37-30-48)68(56-38-31-49(32-39-56)47-19-7-2-8-20-47)57-40-33-50(34-41-57)61-43-52(44-62-60-26-14-16-28-65(60)69-66(61)62)51-35-42-59-58-25-13-15-27-63(58)67(64(59)45-51,53-21-9-3-10-22-53)54-23-11-4-12-24-54/h1-45H. The fourth-order valence-electron chi connectivity index (χ4n) is 10.9. The molecule has 0 atom stereocenters. The Morgan fingerprint density at radius 3 is 1.30 bits per heavy atom. The Morgan fingerprint density at radius 2 is 0.725 bits per heavy atom. The second kappa shape index (κ2) is 16.7. The summed E-state index contributed by atoms with van der Waals surface area (Å²) in [4.78, 5) is 2.34. The fourth-order valence-corrected chi connectivity index (χ4v) is 10.9. The van der Waals surface area contributed by atoms with Gasteiger partial charge >= 0.3 is 0 Å². The van der Waals surface area contributed by atoms with E-state index in [1.165, 1.54) is 55.6 Å². The minimum atomic E-state index is -0.495. The molecule has 0 spiro atoms. The Labute approximate surface area is 402 Å². The molecule has 13 rings (SSSR count). The number of para-hydroxylation sites is 1. The van der Waals surface area contributed by atoms with Crippen molar-refractivity contribution in [2.24, 2.45) is 0 Å². The van der Waals surface area contributed by atoms with Gasteiger partial charge in [0, 0.05) is 33.4 Å². The summed E-state index contributed by atoms with van der Waals surface area (Å²) < 4.78 is 6.80. The third kappa shape index (κ3) is 6.80. The number of furan rings is 1. The summed E-state index contributed by atoms with van der Waals surface area (Å²) in [6, 6.07) is 99.1. The first-order valence-corrected chi connectivity index (χ1v) is 23.7. The average Bonchev–Trinajstić information content (AvgIpc) is 3.96. The molecule has 0 radical (unpaired) electrons. The maximum atomic E-state index is 6.80. The van der Waals surface area contributed by atoms with Gasteiger partial charge in [-0.25, -0.2) is 0 Å². The van der Waals surface area contributed by atoms with E-state index in [0.717, 1.165) is 61.3 Å². The van der Waals surface area contributed by atoms with Crippen LogP contribution in [0.15, 0.2) is 277 Å². The molecule has 0 aliphatic heterocycles. The van der Waals surface area contributed by atoms with Gasteiger partial charge in [0.05, 0.1) is 5.41 Å². The maximum Gasteiger partial charge on any atom is 0.143 e. The van der Waals surface area contributed by atoms with Crippen molar-refractivity contribution < 1.29 is 4.42 Å². The summed E-state index contributed by atoms with van der Waals surface area (Å²) in [5, 5.41) is 2.20. The van der Waals surface area contributed by atoms with Crippen molar-refractivity contribution in [3.63, 3.8) is 0 Å². The molecule has 1 aromatic heterocycles. The van der Waals surface area contributed by atoms with Crippen LogP contribution < -0.4 is 4.90 Å². The Kier molecular flexibility index (Phi) is 9.77. The third-order valence-corrected chi connectivity index (χ3v) is 14.2. The van der Waals surface area contributed by atoms with E-state index in [9.17, 15) is 0 Å². The predicted octanol–water partition coefficient (Wildman–Crippen LogP) is 18.1. The SMILES string of the molecule is c1ccc(-c2ccc(N(c3ccc(-c4ccccc4)cc3)c3ccc(-c4cc(-c5ccc6c(c5)C(c5ccccc5)(c5ccccc5)c5ccccc5-6)cc5c4oc4ccccc45)cc3)cc2)cc1. The predicted molar refractivity (Wildman–Crippen MR) is 287 cm³/mol. The van der Waals surface area contributed by atoms with Crippen molar-refractivity contribution in [1.82, 2.24) is 0 Å². The number of hydrogen-bond acceptors (Lipinski definition) is 2. The van der Waals surface area contributed by atoms with Gasteiger partial charge in [0.1, 0.15) is 11.2 Å². The number of nitrogens with zero attached hydrogens (tertiary/aromatic N) is 1. The third-order valence-electron chi connectivity index (χ3n) is 14.2. The molecule has 1 aliphatic carbocycles. The van der Waals surface area contributed by atoms with E-state index in [4.69, 9.17) is 4.42 Å². The Bertz CT molecular complexity index is 3660. The van der Waals surface area contributed by atoms with Crippen LogP contribution in [0.1, 0.15) is 22.3 Å². The van der Waals surface area contributed by atoms with E-state index in [1.54, 1.807) is 0 Å². The summed E-state index contributed by atoms with van der Waals surface area (Å²) >= 11 is 0. The van der Waals surface area contributed by atoms with Crippen molar-refractivity contribution in [2.75, 3.05) is 4.90 Å². The molecule has 0 unspecified atom stereocenters. The molecule has 0 saturated heterocycles. The molecule has 12 aromatic rings. The van der Waals surface area contributed by atoms with Gasteiger partial charge in [-0.15, -0.1) is 0 Å². The number of benzene rings is 11. The molecule has 324 valence electrons. The highest BCUT2D eigenvalue weighted by atomic mass is 16.3. The lowest BCUT2D eigenvalue weighted by atomic mass is 9.67. The molecule has 0 fully saturated rings. The molecule has 2 nitrogen and oxygen atoms in total. The second-order valence-corrected chi connectivity index (χ2v) is 18.0. The van der Waals surface area contributed by atoms with Crippen LogP contribution in [0, 0.1) is 0 Å². The van der Waals surface area contributed by atoms with Crippen LogP contribution in [-0.2, 0) is 5.41 Å². The largest absolute Gasteiger partial charge is 0.455 e. The topological polar surface area (TPSA) is 16.4 Å². The highest BCUT2D eigenvalue weighted by Crippen LogP contribution is 2.57. The van der Waals surface area contributed by atoms with Crippen LogP contribution in [0.4, 0.5) is 17.1 Å². The van der Waals surface area contributed by atoms with Gasteiger partial charge in [0.25, 0.3) is 0 Å². The van der Waals surface area contributed by atoms with E-state index in [-0.39, 0.29) is 0 Å². The van der Waals surface area contributed by atoms with Gasteiger partial charge in [0.15, 0.2) is 0 Å². The quantitative estimate of drug-likeness (QED) is 0.144. The van der Waals surface area contributed by atoms with Crippen molar-refractivity contribution in [2.45, 2.75) is 5.41 Å². The van der Waals surface area contributed by atoms with E-state index >= 15 is 0 Å². The highest BCUT2D eigenvalue weighted by Gasteiger charge is 2.46. The van der Waals surface area contributed by atoms with Gasteiger partial charge in [-0.3, -0.25) is 0 Å². The summed E-state index contributed by atoms with van der Waals surface area (Å²) in [6.45, 7) is 0. The zero-order chi connectivity index (χ0) is 45.7. The minimum Gasteiger partial charge on any atom is -0.455 e. The molecular formula is C67H45NO. The molecule has 0 N–H and O–H groups in total. The fraction of sp³-hybridized carbons (Fsp3) is 0.0149. The maximum absolute atomic E-state index is 6.80. The van der Waals surface area contributed by atoms with Gasteiger partial charge in [0.2, 0.25) is 0 Å². The van der Waals surface area contributed by atoms with Crippen LogP contribution in [0.5, 0.6) is 0 Å². The average molecular weight is 880 g/mol. The zero-order valence-corrected chi connectivity index (χ0v) is 37.8. The Balaban J connectivity index is 0.952. The molecule has 0 saturated carbocycles. The highest BCUT2D eigenvalue weighted by molar-refractivity contribution is 6.11.